The van der Waals surface area contributed by atoms with Gasteiger partial charge in [-0.25, -0.2) is 0 Å². The van der Waals surface area contributed by atoms with Gasteiger partial charge >= 0.3 is 0 Å². The van der Waals surface area contributed by atoms with Crippen LogP contribution in [-0.4, -0.2) is 54.9 Å². The number of carbonyl (C=O) groups is 2. The van der Waals surface area contributed by atoms with Gasteiger partial charge in [0, 0.05) is 55.3 Å². The molecule has 8 heteroatoms. The molecule has 1 saturated heterocycles. The number of hydrogen-bond donors (Lipinski definition) is 3. The molecule has 1 heterocycles. The number of nitrogens with one attached hydrogen (secondary N) is 3. The number of anilines is 1. The molecule has 1 saturated carbocycles. The van der Waals surface area contributed by atoms with E-state index in [9.17, 15) is 9.59 Å². The van der Waals surface area contributed by atoms with Crippen molar-refractivity contribution >= 4 is 35.1 Å². The van der Waals surface area contributed by atoms with Gasteiger partial charge in [-0.1, -0.05) is 24.4 Å². The van der Waals surface area contributed by atoms with Crippen molar-refractivity contribution in [1.29, 1.82) is 0 Å². The van der Waals surface area contributed by atoms with Gasteiger partial charge in [-0.3, -0.25) is 14.6 Å². The van der Waals surface area contributed by atoms with Gasteiger partial charge in [0.1, 0.15) is 0 Å². The predicted molar refractivity (Wildman–Crippen MR) is 125 cm³/mol. The van der Waals surface area contributed by atoms with Gasteiger partial charge in [0.15, 0.2) is 5.96 Å². The van der Waals surface area contributed by atoms with Crippen molar-refractivity contribution in [3.8, 4) is 0 Å². The van der Waals surface area contributed by atoms with Crippen molar-refractivity contribution in [1.82, 2.24) is 15.5 Å². The van der Waals surface area contributed by atoms with E-state index in [4.69, 9.17) is 11.6 Å². The Morgan fingerprint density at radius 2 is 1.90 bits per heavy atom. The molecule has 1 aromatic rings. The summed E-state index contributed by atoms with van der Waals surface area (Å²) in [6, 6.07) is 7.29. The maximum absolute atomic E-state index is 12.6. The molecule has 0 radical (unpaired) electrons. The summed E-state index contributed by atoms with van der Waals surface area (Å²) in [7, 11) is 0. The molecule has 7 nitrogen and oxygen atoms in total. The molecule has 1 aromatic carbocycles. The number of halogens is 1. The molecule has 3 rings (SSSR count). The molecule has 170 valence electrons. The van der Waals surface area contributed by atoms with Crippen LogP contribution in [0, 0.1) is 5.92 Å². The summed E-state index contributed by atoms with van der Waals surface area (Å²) >= 11 is 5.86. The molecule has 3 N–H and O–H groups in total. The van der Waals surface area contributed by atoms with Crippen LogP contribution in [0.25, 0.3) is 0 Å². The maximum atomic E-state index is 12.6. The first kappa shape index (κ1) is 23.4. The average Bonchev–Trinajstić information content (AvgIpc) is 3.45. The van der Waals surface area contributed by atoms with Gasteiger partial charge in [-0.05, 0) is 56.9 Å². The third-order valence-electron chi connectivity index (χ3n) is 5.85. The van der Waals surface area contributed by atoms with Crippen LogP contribution in [0.5, 0.6) is 0 Å². The third kappa shape index (κ3) is 7.42. The Labute approximate surface area is 190 Å². The molecule has 1 aliphatic heterocycles. The lowest BCUT2D eigenvalue weighted by Crippen LogP contribution is -2.45. The highest BCUT2D eigenvalue weighted by molar-refractivity contribution is 6.30. The highest BCUT2D eigenvalue weighted by Crippen LogP contribution is 2.27. The monoisotopic (exact) mass is 447 g/mol. The molecule has 2 amide bonds. The normalized spacial score (nSPS) is 19.5. The van der Waals surface area contributed by atoms with Crippen molar-refractivity contribution in [2.45, 2.75) is 57.9 Å². The Bertz CT molecular complexity index is 762. The fourth-order valence-electron chi connectivity index (χ4n) is 4.21. The van der Waals surface area contributed by atoms with E-state index < -0.39 is 0 Å². The number of guanidine groups is 1. The van der Waals surface area contributed by atoms with Gasteiger partial charge in [-0.2, -0.15) is 0 Å². The van der Waals surface area contributed by atoms with Gasteiger partial charge in [0.2, 0.25) is 11.8 Å². The molecule has 1 atom stereocenters. The van der Waals surface area contributed by atoms with E-state index in [0.717, 1.165) is 50.5 Å². The van der Waals surface area contributed by atoms with E-state index in [1.165, 1.54) is 12.8 Å². The molecule has 2 aliphatic rings. The molecule has 1 aliphatic carbocycles. The summed E-state index contributed by atoms with van der Waals surface area (Å²) < 4.78 is 0. The van der Waals surface area contributed by atoms with Crippen molar-refractivity contribution in [2.24, 2.45) is 10.9 Å². The molecule has 0 spiro atoms. The molecular formula is C23H34ClN5O2. The zero-order valence-electron chi connectivity index (χ0n) is 18.3. The van der Waals surface area contributed by atoms with Crippen LogP contribution in [0.1, 0.15) is 51.9 Å². The zero-order chi connectivity index (χ0) is 22.1. The van der Waals surface area contributed by atoms with Gasteiger partial charge in [0.25, 0.3) is 0 Å². The lowest BCUT2D eigenvalue weighted by Gasteiger charge is -2.21. The number of nitrogens with zero attached hydrogens (tertiary/aromatic N) is 2. The summed E-state index contributed by atoms with van der Waals surface area (Å²) in [5, 5.41) is 10.2. The minimum Gasteiger partial charge on any atom is -0.357 e. The summed E-state index contributed by atoms with van der Waals surface area (Å²) in [6.45, 7) is 4.91. The number of amides is 2. The number of carbonyl (C=O) groups excluding carboxylic acids is 2. The average molecular weight is 448 g/mol. The van der Waals surface area contributed by atoms with E-state index in [-0.39, 0.29) is 17.9 Å². The first-order valence-electron chi connectivity index (χ1n) is 11.4. The highest BCUT2D eigenvalue weighted by atomic mass is 35.5. The molecule has 0 bridgehead atoms. The van der Waals surface area contributed by atoms with Crippen LogP contribution in [0.3, 0.4) is 0 Å². The molecule has 1 unspecified atom stereocenters. The topological polar surface area (TPSA) is 85.8 Å². The van der Waals surface area contributed by atoms with E-state index >= 15 is 0 Å². The highest BCUT2D eigenvalue weighted by Gasteiger charge is 2.32. The van der Waals surface area contributed by atoms with E-state index in [1.54, 1.807) is 24.3 Å². The summed E-state index contributed by atoms with van der Waals surface area (Å²) in [6.07, 6.45) is 6.45. The quantitative estimate of drug-likeness (QED) is 0.324. The fourth-order valence-corrected chi connectivity index (χ4v) is 4.34. The Kier molecular flexibility index (Phi) is 9.00. The van der Waals surface area contributed by atoms with Gasteiger partial charge < -0.3 is 20.9 Å². The second-order valence-electron chi connectivity index (χ2n) is 8.31. The number of hydrogen-bond acceptors (Lipinski definition) is 3. The lowest BCUT2D eigenvalue weighted by molar-refractivity contribution is -0.134. The van der Waals surface area contributed by atoms with Crippen LogP contribution >= 0.6 is 11.6 Å². The summed E-state index contributed by atoms with van der Waals surface area (Å²) in [5.74, 6) is 1.28. The zero-order valence-corrected chi connectivity index (χ0v) is 19.1. The largest absolute Gasteiger partial charge is 0.357 e. The Balaban J connectivity index is 1.39. The number of benzene rings is 1. The minimum atomic E-state index is -0.0349. The van der Waals surface area contributed by atoms with Crippen LogP contribution < -0.4 is 16.0 Å². The third-order valence-corrected chi connectivity index (χ3v) is 6.10. The van der Waals surface area contributed by atoms with Crippen molar-refractivity contribution < 1.29 is 9.59 Å². The first-order chi connectivity index (χ1) is 15.0. The van der Waals surface area contributed by atoms with Crippen molar-refractivity contribution in [3.63, 3.8) is 0 Å². The van der Waals surface area contributed by atoms with E-state index in [1.807, 2.05) is 11.8 Å². The Hall–Kier alpha value is -2.28. The number of aliphatic imine (C=N–C) groups is 1. The maximum Gasteiger partial charge on any atom is 0.225 e. The number of rotatable bonds is 8. The van der Waals surface area contributed by atoms with Gasteiger partial charge in [0.05, 0.1) is 0 Å². The standard InChI is InChI=1S/C23H34ClN5O2/c1-2-25-23(26-14-5-8-21(30)27-19-11-9-18(24)10-12-19)28-20-13-15-29(16-20)22(31)17-6-3-4-7-17/h9-12,17,20H,2-8,13-16H2,1H3,(H,27,30)(H2,25,26,28). The minimum absolute atomic E-state index is 0.0349. The van der Waals surface area contributed by atoms with Crippen LogP contribution in [0.2, 0.25) is 5.02 Å². The summed E-state index contributed by atoms with van der Waals surface area (Å²) in [5.41, 5.74) is 0.742. The molecule has 2 fully saturated rings. The molecule has 31 heavy (non-hydrogen) atoms. The Morgan fingerprint density at radius 1 is 1.16 bits per heavy atom. The summed E-state index contributed by atoms with van der Waals surface area (Å²) in [4.78, 5) is 31.3. The smallest absolute Gasteiger partial charge is 0.225 e. The second-order valence-corrected chi connectivity index (χ2v) is 8.75. The van der Waals surface area contributed by atoms with Crippen LogP contribution in [0.15, 0.2) is 29.3 Å². The Morgan fingerprint density at radius 3 is 2.61 bits per heavy atom. The molecular weight excluding hydrogens is 414 g/mol. The van der Waals surface area contributed by atoms with Crippen LogP contribution in [-0.2, 0) is 9.59 Å². The number of likely N-dealkylation sites (tertiary alicyclic amines) is 1. The predicted octanol–water partition coefficient (Wildman–Crippen LogP) is 3.40. The van der Waals surface area contributed by atoms with Crippen molar-refractivity contribution in [3.05, 3.63) is 29.3 Å². The molecule has 0 aromatic heterocycles. The lowest BCUT2D eigenvalue weighted by atomic mass is 10.1. The SMILES string of the molecule is CCNC(=NCCCC(=O)Nc1ccc(Cl)cc1)NC1CCN(C(=O)C2CCCC2)C1. The second kappa shape index (κ2) is 11.9. The fraction of sp³-hybridized carbons (Fsp3) is 0.609. The van der Waals surface area contributed by atoms with Gasteiger partial charge in [-0.15, -0.1) is 0 Å². The first-order valence-corrected chi connectivity index (χ1v) is 11.8. The van der Waals surface area contributed by atoms with Crippen molar-refractivity contribution in [2.75, 3.05) is 31.5 Å². The van der Waals surface area contributed by atoms with E-state index in [2.05, 4.69) is 20.9 Å². The van der Waals surface area contributed by atoms with E-state index in [0.29, 0.717) is 30.3 Å². The van der Waals surface area contributed by atoms with Crippen LogP contribution in [0.4, 0.5) is 5.69 Å².